The quantitative estimate of drug-likeness (QED) is 0.766. The molecule has 5 nitrogen and oxygen atoms in total. The molecule has 0 unspecified atom stereocenters. The van der Waals surface area contributed by atoms with Crippen molar-refractivity contribution >= 4 is 23.0 Å². The van der Waals surface area contributed by atoms with E-state index >= 15 is 0 Å². The summed E-state index contributed by atoms with van der Waals surface area (Å²) in [7, 11) is 1.69. The third-order valence-electron chi connectivity index (χ3n) is 4.65. The van der Waals surface area contributed by atoms with Crippen LogP contribution in [-0.4, -0.2) is 54.8 Å². The first-order valence-corrected chi connectivity index (χ1v) is 9.73. The number of nitrogens with one attached hydrogen (secondary N) is 1. The van der Waals surface area contributed by atoms with Gasteiger partial charge in [-0.05, 0) is 49.0 Å². The van der Waals surface area contributed by atoms with E-state index in [9.17, 15) is 0 Å². The summed E-state index contributed by atoms with van der Waals surface area (Å²) in [6, 6.07) is 16.2. The zero-order chi connectivity index (χ0) is 19.1. The van der Waals surface area contributed by atoms with Gasteiger partial charge < -0.3 is 19.7 Å². The van der Waals surface area contributed by atoms with Gasteiger partial charge in [0.15, 0.2) is 5.11 Å². The molecule has 0 saturated carbocycles. The summed E-state index contributed by atoms with van der Waals surface area (Å²) in [5.41, 5.74) is 2.22. The average Bonchev–Trinajstić information content (AvgIpc) is 2.71. The molecule has 1 aliphatic heterocycles. The number of methoxy groups -OCH3 is 1. The minimum Gasteiger partial charge on any atom is -0.497 e. The van der Waals surface area contributed by atoms with Crippen LogP contribution in [0.5, 0.6) is 11.5 Å². The maximum Gasteiger partial charge on any atom is 0.173 e. The molecule has 1 saturated heterocycles. The van der Waals surface area contributed by atoms with Gasteiger partial charge in [-0.25, -0.2) is 0 Å². The molecule has 0 aliphatic carbocycles. The van der Waals surface area contributed by atoms with Gasteiger partial charge in [-0.1, -0.05) is 24.3 Å². The van der Waals surface area contributed by atoms with Gasteiger partial charge in [0.25, 0.3) is 0 Å². The van der Waals surface area contributed by atoms with Crippen LogP contribution in [0.4, 0.5) is 5.69 Å². The summed E-state index contributed by atoms with van der Waals surface area (Å²) in [5, 5.41) is 4.10. The molecular weight excluding hydrogens is 358 g/mol. The molecule has 2 aromatic carbocycles. The van der Waals surface area contributed by atoms with E-state index in [1.807, 2.05) is 43.3 Å². The van der Waals surface area contributed by atoms with Crippen molar-refractivity contribution < 1.29 is 9.47 Å². The summed E-state index contributed by atoms with van der Waals surface area (Å²) in [4.78, 5) is 4.68. The normalized spacial score (nSPS) is 14.7. The molecule has 1 N–H and O–H groups in total. The van der Waals surface area contributed by atoms with Crippen LogP contribution < -0.4 is 14.8 Å². The van der Waals surface area contributed by atoms with Gasteiger partial charge in [-0.15, -0.1) is 0 Å². The molecule has 0 atom stereocenters. The van der Waals surface area contributed by atoms with Gasteiger partial charge in [0.1, 0.15) is 11.5 Å². The Bertz CT molecular complexity index is 743. The summed E-state index contributed by atoms with van der Waals surface area (Å²) in [5.74, 6) is 1.73. The predicted octanol–water partition coefficient (Wildman–Crippen LogP) is 3.61. The molecule has 0 spiro atoms. The van der Waals surface area contributed by atoms with Crippen molar-refractivity contribution in [1.82, 2.24) is 9.80 Å². The summed E-state index contributed by atoms with van der Waals surface area (Å²) in [6.45, 7) is 7.37. The van der Waals surface area contributed by atoms with Crippen molar-refractivity contribution in [1.29, 1.82) is 0 Å². The van der Waals surface area contributed by atoms with Crippen molar-refractivity contribution in [2.75, 3.05) is 45.2 Å². The first-order chi connectivity index (χ1) is 13.2. The van der Waals surface area contributed by atoms with Crippen molar-refractivity contribution in [3.63, 3.8) is 0 Å². The third kappa shape index (κ3) is 5.34. The predicted molar refractivity (Wildman–Crippen MR) is 114 cm³/mol. The lowest BCUT2D eigenvalue weighted by Gasteiger charge is -2.36. The molecule has 1 heterocycles. The number of anilines is 1. The molecule has 2 aromatic rings. The van der Waals surface area contributed by atoms with Gasteiger partial charge in [-0.3, -0.25) is 4.90 Å². The highest BCUT2D eigenvalue weighted by atomic mass is 32.1. The largest absolute Gasteiger partial charge is 0.497 e. The number of hydrogen-bond donors (Lipinski definition) is 1. The SMILES string of the molecule is CCOc1ccccc1NC(=S)N1CCN(Cc2ccc(OC)cc2)CC1. The van der Waals surface area contributed by atoms with Gasteiger partial charge in [0, 0.05) is 32.7 Å². The summed E-state index contributed by atoms with van der Waals surface area (Å²) in [6.07, 6.45) is 0. The smallest absolute Gasteiger partial charge is 0.173 e. The van der Waals surface area contributed by atoms with E-state index < -0.39 is 0 Å². The topological polar surface area (TPSA) is 37.0 Å². The lowest BCUT2D eigenvalue weighted by molar-refractivity contribution is 0.177. The van der Waals surface area contributed by atoms with Gasteiger partial charge in [0.05, 0.1) is 19.4 Å². The lowest BCUT2D eigenvalue weighted by atomic mass is 10.2. The highest BCUT2D eigenvalue weighted by Crippen LogP contribution is 2.24. The van der Waals surface area contributed by atoms with E-state index in [0.29, 0.717) is 6.61 Å². The van der Waals surface area contributed by atoms with Gasteiger partial charge in [0.2, 0.25) is 0 Å². The number of para-hydroxylation sites is 2. The standard InChI is InChI=1S/C21H27N3O2S/c1-3-26-20-7-5-4-6-19(20)22-21(27)24-14-12-23(13-15-24)16-17-8-10-18(25-2)11-9-17/h4-11H,3,12-16H2,1-2H3,(H,22,27). The number of rotatable bonds is 6. The summed E-state index contributed by atoms with van der Waals surface area (Å²) >= 11 is 5.62. The highest BCUT2D eigenvalue weighted by Gasteiger charge is 2.19. The Morgan fingerprint density at radius 2 is 1.74 bits per heavy atom. The number of ether oxygens (including phenoxy) is 2. The van der Waals surface area contributed by atoms with Crippen molar-refractivity contribution in [2.45, 2.75) is 13.5 Å². The maximum absolute atomic E-state index is 5.67. The maximum atomic E-state index is 5.67. The van der Waals surface area contributed by atoms with Crippen LogP contribution in [0, 0.1) is 0 Å². The Morgan fingerprint density at radius 3 is 2.41 bits per heavy atom. The molecule has 0 aromatic heterocycles. The Kier molecular flexibility index (Phi) is 6.90. The molecule has 6 heteroatoms. The highest BCUT2D eigenvalue weighted by molar-refractivity contribution is 7.80. The second-order valence-corrected chi connectivity index (χ2v) is 6.86. The fourth-order valence-electron chi connectivity index (χ4n) is 3.14. The average molecular weight is 386 g/mol. The van der Waals surface area contributed by atoms with Crippen LogP contribution >= 0.6 is 12.2 Å². The Labute approximate surface area is 166 Å². The van der Waals surface area contributed by atoms with Crippen LogP contribution in [0.2, 0.25) is 0 Å². The van der Waals surface area contributed by atoms with Crippen LogP contribution in [0.1, 0.15) is 12.5 Å². The van der Waals surface area contributed by atoms with E-state index in [1.54, 1.807) is 7.11 Å². The molecule has 3 rings (SSSR count). The summed E-state index contributed by atoms with van der Waals surface area (Å²) < 4.78 is 10.9. The zero-order valence-corrected chi connectivity index (χ0v) is 16.8. The Morgan fingerprint density at radius 1 is 1.04 bits per heavy atom. The second-order valence-electron chi connectivity index (χ2n) is 6.47. The number of benzene rings is 2. The minimum atomic E-state index is 0.634. The Hall–Kier alpha value is -2.31. The third-order valence-corrected chi connectivity index (χ3v) is 5.01. The van der Waals surface area contributed by atoms with Crippen LogP contribution in [0.3, 0.4) is 0 Å². The van der Waals surface area contributed by atoms with E-state index in [4.69, 9.17) is 21.7 Å². The van der Waals surface area contributed by atoms with E-state index in [-0.39, 0.29) is 0 Å². The molecule has 1 aliphatic rings. The second kappa shape index (κ2) is 9.58. The molecule has 0 amide bonds. The number of piperazine rings is 1. The first-order valence-electron chi connectivity index (χ1n) is 9.32. The van der Waals surface area contributed by atoms with Crippen molar-refractivity contribution in [3.05, 3.63) is 54.1 Å². The first kappa shape index (κ1) is 19.5. The van der Waals surface area contributed by atoms with Crippen molar-refractivity contribution in [2.24, 2.45) is 0 Å². The molecule has 1 fully saturated rings. The van der Waals surface area contributed by atoms with Crippen LogP contribution in [-0.2, 0) is 6.54 Å². The van der Waals surface area contributed by atoms with Gasteiger partial charge in [-0.2, -0.15) is 0 Å². The monoisotopic (exact) mass is 385 g/mol. The lowest BCUT2D eigenvalue weighted by Crippen LogP contribution is -2.49. The molecule has 0 bridgehead atoms. The molecule has 144 valence electrons. The van der Waals surface area contributed by atoms with E-state index in [0.717, 1.165) is 55.0 Å². The van der Waals surface area contributed by atoms with Crippen LogP contribution in [0.15, 0.2) is 48.5 Å². The van der Waals surface area contributed by atoms with E-state index in [1.165, 1.54) is 5.56 Å². The number of thiocarbonyl (C=S) groups is 1. The molecule has 0 radical (unpaired) electrons. The minimum absolute atomic E-state index is 0.634. The fraction of sp³-hybridized carbons (Fsp3) is 0.381. The fourth-order valence-corrected chi connectivity index (χ4v) is 3.44. The van der Waals surface area contributed by atoms with E-state index in [2.05, 4.69) is 27.2 Å². The van der Waals surface area contributed by atoms with Crippen LogP contribution in [0.25, 0.3) is 0 Å². The molecule has 27 heavy (non-hydrogen) atoms. The van der Waals surface area contributed by atoms with Gasteiger partial charge >= 0.3 is 0 Å². The number of nitrogens with zero attached hydrogens (tertiary/aromatic N) is 2. The zero-order valence-electron chi connectivity index (χ0n) is 16.0. The number of hydrogen-bond acceptors (Lipinski definition) is 4. The molecular formula is C21H27N3O2S. The van der Waals surface area contributed by atoms with Crippen molar-refractivity contribution in [3.8, 4) is 11.5 Å². The Balaban J connectivity index is 1.50.